The van der Waals surface area contributed by atoms with Crippen LogP contribution in [0.5, 0.6) is 0 Å². The lowest BCUT2D eigenvalue weighted by Crippen LogP contribution is -2.44. The molecule has 0 aromatic carbocycles. The van der Waals surface area contributed by atoms with Crippen molar-refractivity contribution in [1.82, 2.24) is 15.2 Å². The summed E-state index contributed by atoms with van der Waals surface area (Å²) < 4.78 is 0. The minimum atomic E-state index is -0.0411. The fourth-order valence-electron chi connectivity index (χ4n) is 2.62. The molecule has 5 heteroatoms. The van der Waals surface area contributed by atoms with Crippen molar-refractivity contribution in [2.75, 3.05) is 32.0 Å². The van der Waals surface area contributed by atoms with Gasteiger partial charge < -0.3 is 10.6 Å². The van der Waals surface area contributed by atoms with Gasteiger partial charge in [0.05, 0.1) is 17.4 Å². The first-order valence-electron chi connectivity index (χ1n) is 7.36. The number of likely N-dealkylation sites (tertiary alicyclic amines) is 1. The normalized spacial score (nSPS) is 17.5. The fraction of sp³-hybridized carbons (Fsp3) is 0.600. The molecule has 2 heterocycles. The maximum atomic E-state index is 12.2. The van der Waals surface area contributed by atoms with Crippen LogP contribution in [0.3, 0.4) is 0 Å². The summed E-state index contributed by atoms with van der Waals surface area (Å²) in [5.74, 6) is -0.0411. The van der Waals surface area contributed by atoms with Crippen LogP contribution < -0.4 is 10.6 Å². The minimum Gasteiger partial charge on any atom is -0.386 e. The summed E-state index contributed by atoms with van der Waals surface area (Å²) in [6.45, 7) is 5.16. The van der Waals surface area contributed by atoms with E-state index in [4.69, 9.17) is 0 Å². The van der Waals surface area contributed by atoms with Crippen LogP contribution in [0.1, 0.15) is 36.5 Å². The van der Waals surface area contributed by atoms with Gasteiger partial charge in [-0.05, 0) is 38.9 Å². The van der Waals surface area contributed by atoms with E-state index in [0.29, 0.717) is 18.2 Å². The van der Waals surface area contributed by atoms with E-state index >= 15 is 0 Å². The maximum Gasteiger partial charge on any atom is 0.253 e. The van der Waals surface area contributed by atoms with E-state index in [1.54, 1.807) is 25.5 Å². The van der Waals surface area contributed by atoms with Gasteiger partial charge in [0.15, 0.2) is 0 Å². The van der Waals surface area contributed by atoms with Crippen LogP contribution in [0, 0.1) is 0 Å². The van der Waals surface area contributed by atoms with Crippen molar-refractivity contribution >= 4 is 11.6 Å². The Morgan fingerprint density at radius 2 is 2.15 bits per heavy atom. The van der Waals surface area contributed by atoms with Crippen LogP contribution in [-0.4, -0.2) is 48.5 Å². The molecule has 0 saturated carbocycles. The Labute approximate surface area is 120 Å². The summed E-state index contributed by atoms with van der Waals surface area (Å²) in [6.07, 6.45) is 7.18. The van der Waals surface area contributed by atoms with Gasteiger partial charge in [0.1, 0.15) is 0 Å². The van der Waals surface area contributed by atoms with Crippen molar-refractivity contribution in [3.63, 3.8) is 0 Å². The number of amides is 1. The molecule has 5 nitrogen and oxygen atoms in total. The van der Waals surface area contributed by atoms with Gasteiger partial charge in [-0.25, -0.2) is 0 Å². The second kappa shape index (κ2) is 7.24. The summed E-state index contributed by atoms with van der Waals surface area (Å²) in [7, 11) is 1.80. The zero-order chi connectivity index (χ0) is 14.4. The monoisotopic (exact) mass is 276 g/mol. The topological polar surface area (TPSA) is 57.3 Å². The molecule has 1 aromatic heterocycles. The molecule has 110 valence electrons. The number of aromatic nitrogens is 1. The van der Waals surface area contributed by atoms with Crippen LogP contribution in [0.2, 0.25) is 0 Å². The van der Waals surface area contributed by atoms with Crippen LogP contribution in [-0.2, 0) is 0 Å². The molecule has 0 aliphatic carbocycles. The highest BCUT2D eigenvalue weighted by atomic mass is 16.1. The largest absolute Gasteiger partial charge is 0.386 e. The first-order chi connectivity index (χ1) is 9.72. The number of nitrogens with one attached hydrogen (secondary N) is 2. The molecule has 1 saturated heterocycles. The SMILES string of the molecule is CNc1cnccc1C(=O)NCC(C)N1CCCCC1. The second-order valence-electron chi connectivity index (χ2n) is 5.33. The summed E-state index contributed by atoms with van der Waals surface area (Å²) in [4.78, 5) is 18.7. The minimum absolute atomic E-state index is 0.0411. The molecule has 1 atom stereocenters. The molecule has 0 bridgehead atoms. The quantitative estimate of drug-likeness (QED) is 0.860. The van der Waals surface area contributed by atoms with Gasteiger partial charge in [0.25, 0.3) is 5.91 Å². The predicted octanol–water partition coefficient (Wildman–Crippen LogP) is 1.73. The number of hydrogen-bond acceptors (Lipinski definition) is 4. The Bertz CT molecular complexity index is 443. The Kier molecular flexibility index (Phi) is 5.35. The van der Waals surface area contributed by atoms with E-state index in [0.717, 1.165) is 18.8 Å². The number of piperidine rings is 1. The Morgan fingerprint density at radius 1 is 1.40 bits per heavy atom. The third-order valence-corrected chi connectivity index (χ3v) is 3.91. The summed E-state index contributed by atoms with van der Waals surface area (Å²) >= 11 is 0. The third kappa shape index (κ3) is 3.70. The number of carbonyl (C=O) groups excluding carboxylic acids is 1. The van der Waals surface area contributed by atoms with E-state index in [-0.39, 0.29) is 5.91 Å². The fourth-order valence-corrected chi connectivity index (χ4v) is 2.62. The van der Waals surface area contributed by atoms with Gasteiger partial charge >= 0.3 is 0 Å². The zero-order valence-electron chi connectivity index (χ0n) is 12.4. The van der Waals surface area contributed by atoms with Crippen molar-refractivity contribution in [3.8, 4) is 0 Å². The van der Waals surface area contributed by atoms with Crippen molar-refractivity contribution in [3.05, 3.63) is 24.0 Å². The molecular formula is C15H24N4O. The smallest absolute Gasteiger partial charge is 0.253 e. The summed E-state index contributed by atoms with van der Waals surface area (Å²) in [6, 6.07) is 2.13. The first kappa shape index (κ1) is 14.8. The van der Waals surface area contributed by atoms with E-state index < -0.39 is 0 Å². The van der Waals surface area contributed by atoms with E-state index in [1.165, 1.54) is 19.3 Å². The maximum absolute atomic E-state index is 12.2. The third-order valence-electron chi connectivity index (χ3n) is 3.91. The number of rotatable bonds is 5. The molecule has 1 fully saturated rings. The molecule has 1 unspecified atom stereocenters. The van der Waals surface area contributed by atoms with Crippen molar-refractivity contribution in [2.45, 2.75) is 32.2 Å². The molecule has 1 aliphatic heterocycles. The molecule has 2 rings (SSSR count). The molecule has 2 N–H and O–H groups in total. The molecule has 1 aliphatic rings. The molecule has 0 radical (unpaired) electrons. The second-order valence-corrected chi connectivity index (χ2v) is 5.33. The zero-order valence-corrected chi connectivity index (χ0v) is 12.4. The number of pyridine rings is 1. The Morgan fingerprint density at radius 3 is 2.85 bits per heavy atom. The lowest BCUT2D eigenvalue weighted by molar-refractivity contribution is 0.0930. The number of nitrogens with zero attached hydrogens (tertiary/aromatic N) is 2. The summed E-state index contributed by atoms with van der Waals surface area (Å²) in [5, 5.41) is 6.02. The van der Waals surface area contributed by atoms with Crippen molar-refractivity contribution in [2.24, 2.45) is 0 Å². The average Bonchev–Trinajstić information content (AvgIpc) is 2.53. The van der Waals surface area contributed by atoms with Gasteiger partial charge in [0, 0.05) is 25.8 Å². The van der Waals surface area contributed by atoms with Gasteiger partial charge in [0.2, 0.25) is 0 Å². The highest BCUT2D eigenvalue weighted by Gasteiger charge is 2.18. The van der Waals surface area contributed by atoms with Crippen LogP contribution in [0.4, 0.5) is 5.69 Å². The highest BCUT2D eigenvalue weighted by molar-refractivity contribution is 5.99. The van der Waals surface area contributed by atoms with E-state index in [1.807, 2.05) is 0 Å². The molecule has 1 aromatic rings. The van der Waals surface area contributed by atoms with Gasteiger partial charge in [-0.3, -0.25) is 14.7 Å². The van der Waals surface area contributed by atoms with E-state index in [9.17, 15) is 4.79 Å². The molecular weight excluding hydrogens is 252 g/mol. The van der Waals surface area contributed by atoms with Gasteiger partial charge in [-0.2, -0.15) is 0 Å². The standard InChI is InChI=1S/C15H24N4O/c1-12(19-8-4-3-5-9-19)10-18-15(20)13-6-7-17-11-14(13)16-2/h6-7,11-12,16H,3-5,8-10H2,1-2H3,(H,18,20). The van der Waals surface area contributed by atoms with Crippen molar-refractivity contribution < 1.29 is 4.79 Å². The van der Waals surface area contributed by atoms with Crippen LogP contribution in [0.15, 0.2) is 18.5 Å². The van der Waals surface area contributed by atoms with Gasteiger partial charge in [-0.15, -0.1) is 0 Å². The Balaban J connectivity index is 1.88. The Hall–Kier alpha value is -1.62. The predicted molar refractivity (Wildman–Crippen MR) is 81.0 cm³/mol. The van der Waals surface area contributed by atoms with E-state index in [2.05, 4.69) is 27.4 Å². The number of anilines is 1. The van der Waals surface area contributed by atoms with Crippen LogP contribution >= 0.6 is 0 Å². The average molecular weight is 276 g/mol. The lowest BCUT2D eigenvalue weighted by Gasteiger charge is -2.32. The molecule has 1 amide bonds. The van der Waals surface area contributed by atoms with Gasteiger partial charge in [-0.1, -0.05) is 6.42 Å². The number of carbonyl (C=O) groups is 1. The van der Waals surface area contributed by atoms with Crippen LogP contribution in [0.25, 0.3) is 0 Å². The number of hydrogen-bond donors (Lipinski definition) is 2. The molecule has 0 spiro atoms. The lowest BCUT2D eigenvalue weighted by atomic mass is 10.1. The first-order valence-corrected chi connectivity index (χ1v) is 7.36. The highest BCUT2D eigenvalue weighted by Crippen LogP contribution is 2.13. The molecule has 20 heavy (non-hydrogen) atoms. The van der Waals surface area contributed by atoms with Crippen molar-refractivity contribution in [1.29, 1.82) is 0 Å². The summed E-state index contributed by atoms with van der Waals surface area (Å²) in [5.41, 5.74) is 1.41.